The van der Waals surface area contributed by atoms with E-state index in [1.165, 1.54) is 25.6 Å². The van der Waals surface area contributed by atoms with Gasteiger partial charge in [-0.2, -0.15) is 0 Å². The van der Waals surface area contributed by atoms with Gasteiger partial charge in [0.25, 0.3) is 0 Å². The fourth-order valence-electron chi connectivity index (χ4n) is 4.91. The van der Waals surface area contributed by atoms with Gasteiger partial charge in [-0.05, 0) is 68.0 Å². The van der Waals surface area contributed by atoms with E-state index < -0.39 is 28.9 Å². The highest BCUT2D eigenvalue weighted by Gasteiger charge is 2.57. The number of hydrogen-bond acceptors (Lipinski definition) is 8. The number of esters is 1. The second kappa shape index (κ2) is 9.59. The van der Waals surface area contributed by atoms with Gasteiger partial charge in [0, 0.05) is 18.5 Å². The number of carbonyl (C=O) groups excluding carboxylic acids is 3. The molecule has 3 N–H and O–H groups in total. The van der Waals surface area contributed by atoms with E-state index in [-0.39, 0.29) is 12.5 Å². The van der Waals surface area contributed by atoms with Crippen molar-refractivity contribution in [3.63, 3.8) is 0 Å². The van der Waals surface area contributed by atoms with E-state index in [9.17, 15) is 14.4 Å². The smallest absolute Gasteiger partial charge is 0.354 e. The highest BCUT2D eigenvalue weighted by molar-refractivity contribution is 7.10. The number of nitrogens with zero attached hydrogens (tertiary/aromatic N) is 1. The zero-order chi connectivity index (χ0) is 26.3. The molecule has 1 aromatic carbocycles. The van der Waals surface area contributed by atoms with Gasteiger partial charge < -0.3 is 30.2 Å². The summed E-state index contributed by atoms with van der Waals surface area (Å²) in [5, 5.41) is 4.69. The van der Waals surface area contributed by atoms with Crippen molar-refractivity contribution < 1.29 is 28.6 Å². The molecule has 2 atom stereocenters. The topological polar surface area (TPSA) is 120 Å². The zero-order valence-electron chi connectivity index (χ0n) is 21.0. The Morgan fingerprint density at radius 2 is 2.00 bits per heavy atom. The molecule has 3 heterocycles. The van der Waals surface area contributed by atoms with Crippen molar-refractivity contribution in [2.24, 2.45) is 5.73 Å². The second-order valence-electron chi connectivity index (χ2n) is 9.82. The number of carbonyl (C=O) groups is 3. The van der Waals surface area contributed by atoms with Crippen molar-refractivity contribution in [1.82, 2.24) is 4.90 Å². The van der Waals surface area contributed by atoms with Crippen LogP contribution in [0, 0.1) is 0 Å². The van der Waals surface area contributed by atoms with Gasteiger partial charge in [0.15, 0.2) is 0 Å². The molecule has 0 radical (unpaired) electrons. The number of amides is 2. The molecule has 0 saturated heterocycles. The quantitative estimate of drug-likeness (QED) is 0.546. The van der Waals surface area contributed by atoms with Gasteiger partial charge in [-0.25, -0.2) is 4.79 Å². The molecule has 9 nitrogen and oxygen atoms in total. The number of fused-ring (bicyclic) bond motifs is 3. The first-order valence-electron chi connectivity index (χ1n) is 11.6. The molecule has 2 aliphatic heterocycles. The standard InChI is InChI=1S/C26H31N3O6S/c1-25(2,3)35-23(31)18-13-26(24(27)32,20-7-6-10-36-20)22-16-12-17(28-21(30)14-33-4)19(34-5)11-15(16)8-9-29(18)22/h6-7,10-13,22H,8-9,14H2,1-5H3,(H2,27,32)(H,28,30). The lowest BCUT2D eigenvalue weighted by Gasteiger charge is -2.42. The van der Waals surface area contributed by atoms with E-state index in [2.05, 4.69) is 5.32 Å². The van der Waals surface area contributed by atoms with E-state index in [1.807, 2.05) is 28.5 Å². The Hall–Kier alpha value is -3.37. The third-order valence-corrected chi connectivity index (χ3v) is 7.31. The first kappa shape index (κ1) is 25.7. The number of nitrogens with one attached hydrogen (secondary N) is 1. The Morgan fingerprint density at radius 1 is 1.25 bits per heavy atom. The largest absolute Gasteiger partial charge is 0.495 e. The van der Waals surface area contributed by atoms with Crippen molar-refractivity contribution in [3.8, 4) is 5.75 Å². The fourth-order valence-corrected chi connectivity index (χ4v) is 5.84. The van der Waals surface area contributed by atoms with Crippen molar-refractivity contribution in [1.29, 1.82) is 0 Å². The Morgan fingerprint density at radius 3 is 2.58 bits per heavy atom. The monoisotopic (exact) mass is 513 g/mol. The van der Waals surface area contributed by atoms with Crippen LogP contribution in [0.4, 0.5) is 5.69 Å². The summed E-state index contributed by atoms with van der Waals surface area (Å²) in [5.41, 5.74) is 6.56. The van der Waals surface area contributed by atoms with Crippen molar-refractivity contribution >= 4 is 34.8 Å². The molecule has 0 bridgehead atoms. The molecule has 36 heavy (non-hydrogen) atoms. The van der Waals surface area contributed by atoms with Gasteiger partial charge in [-0.1, -0.05) is 6.07 Å². The summed E-state index contributed by atoms with van der Waals surface area (Å²) in [5.74, 6) is -0.947. The summed E-state index contributed by atoms with van der Waals surface area (Å²) in [6.45, 7) is 5.74. The van der Waals surface area contributed by atoms with Gasteiger partial charge in [-0.15, -0.1) is 11.3 Å². The highest BCUT2D eigenvalue weighted by Crippen LogP contribution is 2.54. The third kappa shape index (κ3) is 4.46. The van der Waals surface area contributed by atoms with Gasteiger partial charge in [0.1, 0.15) is 29.1 Å². The zero-order valence-corrected chi connectivity index (χ0v) is 21.9. The number of ether oxygens (including phenoxy) is 3. The van der Waals surface area contributed by atoms with Crippen LogP contribution in [0.15, 0.2) is 41.4 Å². The van der Waals surface area contributed by atoms with Crippen molar-refractivity contribution in [3.05, 3.63) is 57.4 Å². The lowest BCUT2D eigenvalue weighted by atomic mass is 9.73. The number of benzene rings is 1. The molecule has 2 amide bonds. The second-order valence-corrected chi connectivity index (χ2v) is 10.8. The van der Waals surface area contributed by atoms with Gasteiger partial charge in [0.05, 0.1) is 18.8 Å². The van der Waals surface area contributed by atoms with Crippen LogP contribution in [-0.2, 0) is 35.7 Å². The van der Waals surface area contributed by atoms with Crippen LogP contribution in [0.3, 0.4) is 0 Å². The Labute approximate surface area is 214 Å². The number of methoxy groups -OCH3 is 2. The highest BCUT2D eigenvalue weighted by atomic mass is 32.1. The molecule has 2 aliphatic rings. The number of thiophene rings is 1. The third-order valence-electron chi connectivity index (χ3n) is 6.29. The van der Waals surface area contributed by atoms with Crippen LogP contribution in [0.2, 0.25) is 0 Å². The summed E-state index contributed by atoms with van der Waals surface area (Å²) in [6.07, 6.45) is 2.25. The predicted molar refractivity (Wildman–Crippen MR) is 136 cm³/mol. The molecule has 2 unspecified atom stereocenters. The predicted octanol–water partition coefficient (Wildman–Crippen LogP) is 2.90. The van der Waals surface area contributed by atoms with Crippen LogP contribution in [0.25, 0.3) is 0 Å². The van der Waals surface area contributed by atoms with Crippen LogP contribution < -0.4 is 15.8 Å². The molecular formula is C26H31N3O6S. The summed E-state index contributed by atoms with van der Waals surface area (Å²) in [7, 11) is 2.96. The SMILES string of the molecule is COCC(=O)Nc1cc2c(cc1OC)CCN1C(C(=O)OC(C)(C)C)=CC(C(N)=O)(c3cccs3)C21. The molecular weight excluding hydrogens is 482 g/mol. The van der Waals surface area contributed by atoms with E-state index >= 15 is 0 Å². The molecule has 0 spiro atoms. The molecule has 2 aromatic rings. The number of primary amides is 1. The molecule has 192 valence electrons. The Kier molecular flexibility index (Phi) is 6.85. The lowest BCUT2D eigenvalue weighted by molar-refractivity contribution is -0.152. The average molecular weight is 514 g/mol. The maximum atomic E-state index is 13.3. The minimum atomic E-state index is -1.31. The molecule has 10 heteroatoms. The van der Waals surface area contributed by atoms with Crippen LogP contribution in [-0.4, -0.2) is 55.7 Å². The summed E-state index contributed by atoms with van der Waals surface area (Å²) >= 11 is 1.40. The van der Waals surface area contributed by atoms with E-state index in [4.69, 9.17) is 19.9 Å². The number of nitrogens with two attached hydrogens (primary N) is 1. The van der Waals surface area contributed by atoms with E-state index in [0.717, 1.165) is 16.0 Å². The molecule has 4 rings (SSSR count). The van der Waals surface area contributed by atoms with Gasteiger partial charge >= 0.3 is 5.97 Å². The van der Waals surface area contributed by atoms with E-state index in [1.54, 1.807) is 32.9 Å². The van der Waals surface area contributed by atoms with Crippen molar-refractivity contribution in [2.45, 2.75) is 44.2 Å². The Bertz CT molecular complexity index is 1220. The Balaban J connectivity index is 1.90. The number of anilines is 1. The van der Waals surface area contributed by atoms with E-state index in [0.29, 0.717) is 30.1 Å². The minimum Gasteiger partial charge on any atom is -0.495 e. The van der Waals surface area contributed by atoms with Gasteiger partial charge in [0.2, 0.25) is 11.8 Å². The molecule has 1 aromatic heterocycles. The molecule has 0 saturated carbocycles. The summed E-state index contributed by atoms with van der Waals surface area (Å²) in [6, 6.07) is 6.75. The van der Waals surface area contributed by atoms with Crippen LogP contribution >= 0.6 is 11.3 Å². The normalized spacial score (nSPS) is 20.8. The minimum absolute atomic E-state index is 0.124. The number of rotatable bonds is 7. The molecule has 0 fully saturated rings. The van der Waals surface area contributed by atoms with Gasteiger partial charge in [-0.3, -0.25) is 9.59 Å². The fraction of sp³-hybridized carbons (Fsp3) is 0.423. The number of hydrogen-bond donors (Lipinski definition) is 2. The van der Waals surface area contributed by atoms with Crippen LogP contribution in [0.1, 0.15) is 42.8 Å². The molecule has 0 aliphatic carbocycles. The first-order chi connectivity index (χ1) is 17.0. The first-order valence-corrected chi connectivity index (χ1v) is 12.5. The van der Waals surface area contributed by atoms with Crippen LogP contribution in [0.5, 0.6) is 5.75 Å². The maximum absolute atomic E-state index is 13.3. The lowest BCUT2D eigenvalue weighted by Crippen LogP contribution is -2.48. The van der Waals surface area contributed by atoms with Crippen molar-refractivity contribution in [2.75, 3.05) is 32.7 Å². The maximum Gasteiger partial charge on any atom is 0.354 e. The summed E-state index contributed by atoms with van der Waals surface area (Å²) < 4.78 is 16.2. The summed E-state index contributed by atoms with van der Waals surface area (Å²) in [4.78, 5) is 41.6. The average Bonchev–Trinajstić information content (AvgIpc) is 3.44.